The average molecular weight is 387 g/mol. The summed E-state index contributed by atoms with van der Waals surface area (Å²) in [5, 5.41) is 0. The molecule has 4 nitrogen and oxygen atoms in total. The van der Waals surface area contributed by atoms with Crippen LogP contribution in [0.4, 0.5) is 5.69 Å². The first-order valence-electron chi connectivity index (χ1n) is 6.78. The fourth-order valence-corrected chi connectivity index (χ4v) is 2.64. The number of nitrogens with zero attached hydrogens (tertiary/aromatic N) is 3. The highest BCUT2D eigenvalue weighted by Crippen LogP contribution is 2.21. The second-order valence-electron chi connectivity index (χ2n) is 4.79. The van der Waals surface area contributed by atoms with Gasteiger partial charge in [-0.1, -0.05) is 0 Å². The topological polar surface area (TPSA) is 29.1 Å². The van der Waals surface area contributed by atoms with Crippen molar-refractivity contribution in [1.29, 1.82) is 0 Å². The minimum absolute atomic E-state index is 0. The van der Waals surface area contributed by atoms with E-state index in [9.17, 15) is 4.79 Å². The zero-order valence-electron chi connectivity index (χ0n) is 12.8. The van der Waals surface area contributed by atoms with E-state index in [2.05, 4.69) is 42.0 Å². The van der Waals surface area contributed by atoms with Crippen LogP contribution in [0.15, 0.2) is 18.2 Å². The first-order valence-corrected chi connectivity index (χ1v) is 6.78. The second-order valence-corrected chi connectivity index (χ2v) is 4.79. The Hall–Kier alpha value is -1.11. The first kappa shape index (κ1) is 16.9. The highest BCUT2D eigenvalue weighted by atomic mass is 127. The molecule has 0 unspecified atom stereocenters. The van der Waals surface area contributed by atoms with E-state index in [4.69, 9.17) is 0 Å². The Bertz CT molecular complexity index is 634. The van der Waals surface area contributed by atoms with Gasteiger partial charge in [-0.15, -0.1) is 0 Å². The summed E-state index contributed by atoms with van der Waals surface area (Å²) < 4.78 is 4.59. The fourth-order valence-electron chi connectivity index (χ4n) is 2.64. The number of amides is 1. The van der Waals surface area contributed by atoms with E-state index in [-0.39, 0.29) is 29.9 Å². The molecule has 1 aromatic carbocycles. The third-order valence-corrected chi connectivity index (χ3v) is 3.81. The monoisotopic (exact) mass is 387 g/mol. The van der Waals surface area contributed by atoms with Crippen molar-refractivity contribution in [3.8, 4) is 0 Å². The minimum Gasteiger partial charge on any atom is -1.00 e. The van der Waals surface area contributed by atoms with E-state index >= 15 is 0 Å². The lowest BCUT2D eigenvalue weighted by Crippen LogP contribution is -3.00. The Morgan fingerprint density at radius 3 is 2.50 bits per heavy atom. The summed E-state index contributed by atoms with van der Waals surface area (Å²) in [6.45, 7) is 9.91. The summed E-state index contributed by atoms with van der Waals surface area (Å²) in [4.78, 5) is 13.2. The number of imidazole rings is 1. The lowest BCUT2D eigenvalue weighted by Gasteiger charge is -2.14. The van der Waals surface area contributed by atoms with Crippen molar-refractivity contribution in [2.45, 2.75) is 40.8 Å². The maximum Gasteiger partial charge on any atom is 0.254 e. The Morgan fingerprint density at radius 1 is 1.35 bits per heavy atom. The Morgan fingerprint density at radius 2 is 2.00 bits per heavy atom. The van der Waals surface area contributed by atoms with Crippen molar-refractivity contribution in [2.24, 2.45) is 0 Å². The average Bonchev–Trinajstić information content (AvgIpc) is 2.67. The number of fused-ring (bicyclic) bond motifs is 1. The van der Waals surface area contributed by atoms with Crippen LogP contribution in [0.5, 0.6) is 0 Å². The third kappa shape index (κ3) is 2.68. The van der Waals surface area contributed by atoms with Gasteiger partial charge in [0, 0.05) is 32.6 Å². The van der Waals surface area contributed by atoms with E-state index in [1.807, 2.05) is 13.1 Å². The van der Waals surface area contributed by atoms with Crippen LogP contribution in [0.1, 0.15) is 26.6 Å². The Kier molecular flexibility index (Phi) is 5.56. The first-order chi connectivity index (χ1) is 9.01. The van der Waals surface area contributed by atoms with Crippen LogP contribution in [-0.2, 0) is 17.9 Å². The van der Waals surface area contributed by atoms with E-state index in [1.54, 1.807) is 11.8 Å². The van der Waals surface area contributed by atoms with Crippen LogP contribution in [-0.4, -0.2) is 17.5 Å². The number of carbonyl (C=O) groups is 1. The number of aryl methyl sites for hydroxylation is 2. The number of halogens is 1. The molecule has 110 valence electrons. The largest absolute Gasteiger partial charge is 1.00 e. The summed E-state index contributed by atoms with van der Waals surface area (Å²) in [6.07, 6.45) is 0. The lowest BCUT2D eigenvalue weighted by atomic mass is 10.2. The van der Waals surface area contributed by atoms with Gasteiger partial charge in [-0.3, -0.25) is 4.79 Å². The van der Waals surface area contributed by atoms with Gasteiger partial charge in [-0.25, -0.2) is 9.13 Å². The molecule has 0 aliphatic carbocycles. The molecular formula is C15H22IN3O. The van der Waals surface area contributed by atoms with E-state index in [0.717, 1.165) is 18.8 Å². The molecule has 1 aromatic heterocycles. The number of aromatic nitrogens is 2. The molecule has 0 aliphatic rings. The normalized spacial score (nSPS) is 10.4. The molecule has 0 aliphatic heterocycles. The highest BCUT2D eigenvalue weighted by molar-refractivity contribution is 5.93. The molecule has 0 radical (unpaired) electrons. The zero-order valence-corrected chi connectivity index (χ0v) is 14.9. The lowest BCUT2D eigenvalue weighted by molar-refractivity contribution is -0.674. The van der Waals surface area contributed by atoms with Crippen LogP contribution < -0.4 is 33.4 Å². The number of rotatable bonds is 3. The van der Waals surface area contributed by atoms with Crippen LogP contribution in [0.25, 0.3) is 11.0 Å². The van der Waals surface area contributed by atoms with Gasteiger partial charge in [0.2, 0.25) is 5.91 Å². The number of hydrogen-bond donors (Lipinski definition) is 0. The van der Waals surface area contributed by atoms with E-state index < -0.39 is 0 Å². The number of carbonyl (C=O) groups excluding carboxylic acids is 1. The molecule has 0 saturated heterocycles. The predicted octanol–water partition coefficient (Wildman–Crippen LogP) is -0.736. The van der Waals surface area contributed by atoms with Gasteiger partial charge in [0.25, 0.3) is 5.82 Å². The molecule has 0 spiro atoms. The molecule has 0 bridgehead atoms. The Balaban J connectivity index is 0.00000200. The van der Waals surface area contributed by atoms with Gasteiger partial charge in [0.1, 0.15) is 0 Å². The molecule has 1 heterocycles. The van der Waals surface area contributed by atoms with Gasteiger partial charge in [0.15, 0.2) is 11.0 Å². The molecular weight excluding hydrogens is 365 g/mol. The van der Waals surface area contributed by atoms with Crippen LogP contribution in [0.3, 0.4) is 0 Å². The standard InChI is InChI=1S/C15H22N3O.HI/c1-6-17-11(3)18(7-2)15-10-13(8-9-14(15)17)16(5)12(4)19;/h8-10H,6-7H2,1-5H3;1H/q+1;/p-1. The summed E-state index contributed by atoms with van der Waals surface area (Å²) in [5.74, 6) is 1.30. The van der Waals surface area contributed by atoms with Gasteiger partial charge in [-0.05, 0) is 26.0 Å². The molecule has 0 atom stereocenters. The molecule has 1 amide bonds. The number of hydrogen-bond acceptors (Lipinski definition) is 1. The minimum atomic E-state index is 0. The van der Waals surface area contributed by atoms with Crippen molar-refractivity contribution < 1.29 is 33.3 Å². The number of benzene rings is 1. The fraction of sp³-hybridized carbons (Fsp3) is 0.467. The maximum atomic E-state index is 11.5. The van der Waals surface area contributed by atoms with Gasteiger partial charge in [-0.2, -0.15) is 0 Å². The van der Waals surface area contributed by atoms with Crippen LogP contribution in [0.2, 0.25) is 0 Å². The third-order valence-electron chi connectivity index (χ3n) is 3.81. The Labute approximate surface area is 137 Å². The predicted molar refractivity (Wildman–Crippen MR) is 77.3 cm³/mol. The van der Waals surface area contributed by atoms with Gasteiger partial charge >= 0.3 is 0 Å². The quantitative estimate of drug-likeness (QED) is 0.504. The van der Waals surface area contributed by atoms with Crippen LogP contribution >= 0.6 is 0 Å². The highest BCUT2D eigenvalue weighted by Gasteiger charge is 2.20. The van der Waals surface area contributed by atoms with Gasteiger partial charge < -0.3 is 28.9 Å². The molecule has 0 saturated carbocycles. The van der Waals surface area contributed by atoms with Crippen molar-refractivity contribution in [3.63, 3.8) is 0 Å². The van der Waals surface area contributed by atoms with Crippen molar-refractivity contribution in [3.05, 3.63) is 24.0 Å². The molecule has 2 rings (SSSR count). The molecule has 5 heteroatoms. The van der Waals surface area contributed by atoms with Crippen molar-refractivity contribution >= 4 is 22.6 Å². The smallest absolute Gasteiger partial charge is 0.254 e. The maximum absolute atomic E-state index is 11.5. The van der Waals surface area contributed by atoms with Crippen molar-refractivity contribution in [2.75, 3.05) is 11.9 Å². The summed E-state index contributed by atoms with van der Waals surface area (Å²) in [6, 6.07) is 6.21. The summed E-state index contributed by atoms with van der Waals surface area (Å²) in [5.41, 5.74) is 3.35. The SMILES string of the molecule is CCn1c(C)[n+](CC)c2ccc(N(C)C(C)=O)cc21.[I-]. The summed E-state index contributed by atoms with van der Waals surface area (Å²) >= 11 is 0. The van der Waals surface area contributed by atoms with Crippen LogP contribution in [0, 0.1) is 6.92 Å². The van der Waals surface area contributed by atoms with E-state index in [0.29, 0.717) is 0 Å². The molecule has 2 aromatic rings. The zero-order chi connectivity index (χ0) is 14.2. The molecule has 0 fully saturated rings. The van der Waals surface area contributed by atoms with Crippen molar-refractivity contribution in [1.82, 2.24) is 4.57 Å². The van der Waals surface area contributed by atoms with Gasteiger partial charge in [0.05, 0.1) is 13.1 Å². The van der Waals surface area contributed by atoms with E-state index in [1.165, 1.54) is 16.9 Å². The molecule has 20 heavy (non-hydrogen) atoms. The molecule has 0 N–H and O–H groups in total. The second kappa shape index (κ2) is 6.56. The summed E-state index contributed by atoms with van der Waals surface area (Å²) in [7, 11) is 1.81. The number of anilines is 1.